The van der Waals surface area contributed by atoms with Crippen LogP contribution in [-0.4, -0.2) is 70.4 Å². The Bertz CT molecular complexity index is 1800. The molecule has 4 unspecified atom stereocenters. The summed E-state index contributed by atoms with van der Waals surface area (Å²) in [6.45, 7) is 4.96. The Morgan fingerprint density at radius 1 is 1.00 bits per heavy atom. The average molecular weight is 696 g/mol. The van der Waals surface area contributed by atoms with E-state index in [1.807, 2.05) is 54.6 Å². The van der Waals surface area contributed by atoms with Crippen molar-refractivity contribution in [2.75, 3.05) is 6.61 Å². The van der Waals surface area contributed by atoms with Crippen molar-refractivity contribution in [3.05, 3.63) is 118 Å². The number of hydrogen-bond acceptors (Lipinski definition) is 9. The van der Waals surface area contributed by atoms with Gasteiger partial charge in [0.15, 0.2) is 5.79 Å². The fourth-order valence-corrected chi connectivity index (χ4v) is 6.81. The first-order chi connectivity index (χ1) is 24.4. The second-order valence-corrected chi connectivity index (χ2v) is 14.4. The minimum absolute atomic E-state index is 0.0236. The third-order valence-corrected chi connectivity index (χ3v) is 9.20. The number of rotatable bonds is 11. The molecule has 268 valence electrons. The smallest absolute Gasteiger partial charge is 0.338 e. The van der Waals surface area contributed by atoms with Gasteiger partial charge in [0.2, 0.25) is 5.91 Å². The Morgan fingerprint density at radius 2 is 1.73 bits per heavy atom. The average Bonchev–Trinajstić information content (AvgIpc) is 3.64. The quantitative estimate of drug-likeness (QED) is 0.226. The van der Waals surface area contributed by atoms with Gasteiger partial charge in [0.25, 0.3) is 0 Å². The second kappa shape index (κ2) is 15.2. The van der Waals surface area contributed by atoms with E-state index in [0.29, 0.717) is 30.4 Å². The van der Waals surface area contributed by atoms with E-state index in [-0.39, 0.29) is 31.6 Å². The van der Waals surface area contributed by atoms with Gasteiger partial charge in [-0.2, -0.15) is 0 Å². The van der Waals surface area contributed by atoms with Crippen LogP contribution in [0, 0.1) is 0 Å². The summed E-state index contributed by atoms with van der Waals surface area (Å²) in [6.07, 6.45) is 5.20. The van der Waals surface area contributed by atoms with E-state index in [4.69, 9.17) is 18.9 Å². The van der Waals surface area contributed by atoms with E-state index in [0.717, 1.165) is 22.3 Å². The van der Waals surface area contributed by atoms with E-state index in [1.165, 1.54) is 0 Å². The highest BCUT2D eigenvalue weighted by molar-refractivity contribution is 5.94. The Labute approximate surface area is 298 Å². The molecular formula is C41H45NO9. The van der Waals surface area contributed by atoms with Crippen LogP contribution in [0.25, 0.3) is 6.08 Å². The SMILES string of the molecule is CC(C)(C)OC(=O)CCC(CO)NC(=O)C1=CC2OC3(Cc4ccccc4C3)OC2C(OC(=O)c2cccc(C=CCc3ccccc3O)c2)C1. The molecule has 6 rings (SSSR count). The molecule has 0 radical (unpaired) electrons. The molecule has 1 saturated heterocycles. The molecule has 1 aliphatic heterocycles. The normalized spacial score (nSPS) is 21.1. The molecule has 4 atom stereocenters. The number of fused-ring (bicyclic) bond motifs is 2. The molecule has 1 fully saturated rings. The summed E-state index contributed by atoms with van der Waals surface area (Å²) in [5.41, 5.74) is 3.84. The first-order valence-corrected chi connectivity index (χ1v) is 17.4. The third-order valence-electron chi connectivity index (χ3n) is 9.20. The molecule has 3 aromatic rings. The number of aliphatic hydroxyl groups is 1. The van der Waals surface area contributed by atoms with Crippen LogP contribution >= 0.6 is 0 Å². The summed E-state index contributed by atoms with van der Waals surface area (Å²) in [6, 6.07) is 21.5. The molecule has 1 spiro atoms. The first-order valence-electron chi connectivity index (χ1n) is 17.4. The Morgan fingerprint density at radius 3 is 2.43 bits per heavy atom. The number of phenols is 1. The number of nitrogens with one attached hydrogen (secondary N) is 1. The van der Waals surface area contributed by atoms with Crippen molar-refractivity contribution < 1.29 is 43.5 Å². The lowest BCUT2D eigenvalue weighted by molar-refractivity contribution is -0.172. The zero-order chi connectivity index (χ0) is 36.2. The van der Waals surface area contributed by atoms with E-state index in [2.05, 4.69) is 5.32 Å². The number of carbonyl (C=O) groups excluding carboxylic acids is 3. The van der Waals surface area contributed by atoms with Crippen LogP contribution in [0.15, 0.2) is 90.5 Å². The first kappa shape index (κ1) is 36.0. The molecule has 0 aromatic heterocycles. The number of benzene rings is 3. The molecule has 1 heterocycles. The fraction of sp³-hybridized carbons (Fsp3) is 0.390. The largest absolute Gasteiger partial charge is 0.508 e. The van der Waals surface area contributed by atoms with Crippen LogP contribution in [0.2, 0.25) is 0 Å². The van der Waals surface area contributed by atoms with Gasteiger partial charge in [-0.3, -0.25) is 9.59 Å². The van der Waals surface area contributed by atoms with Crippen LogP contribution in [0.3, 0.4) is 0 Å². The predicted octanol–water partition coefficient (Wildman–Crippen LogP) is 5.38. The van der Waals surface area contributed by atoms with Crippen LogP contribution in [0.1, 0.15) is 72.6 Å². The van der Waals surface area contributed by atoms with Crippen molar-refractivity contribution >= 4 is 23.9 Å². The van der Waals surface area contributed by atoms with Crippen molar-refractivity contribution in [2.24, 2.45) is 0 Å². The minimum atomic E-state index is -0.953. The molecule has 0 saturated carbocycles. The molecule has 3 aromatic carbocycles. The summed E-state index contributed by atoms with van der Waals surface area (Å²) in [5, 5.41) is 22.9. The summed E-state index contributed by atoms with van der Waals surface area (Å²) in [7, 11) is 0. The monoisotopic (exact) mass is 695 g/mol. The van der Waals surface area contributed by atoms with Gasteiger partial charge in [-0.25, -0.2) is 4.79 Å². The zero-order valence-electron chi connectivity index (χ0n) is 29.2. The summed E-state index contributed by atoms with van der Waals surface area (Å²) in [4.78, 5) is 39.6. The maximum absolute atomic E-state index is 13.7. The number of ether oxygens (including phenoxy) is 4. The highest BCUT2D eigenvalue weighted by Crippen LogP contribution is 2.45. The lowest BCUT2D eigenvalue weighted by Gasteiger charge is -2.31. The van der Waals surface area contributed by atoms with Crippen LogP contribution in [-0.2, 0) is 47.8 Å². The molecule has 0 bridgehead atoms. The zero-order valence-corrected chi connectivity index (χ0v) is 29.2. The maximum atomic E-state index is 13.7. The van der Waals surface area contributed by atoms with E-state index >= 15 is 0 Å². The Hall–Kier alpha value is -4.77. The van der Waals surface area contributed by atoms with Crippen molar-refractivity contribution in [1.29, 1.82) is 0 Å². The van der Waals surface area contributed by atoms with Crippen molar-refractivity contribution in [1.82, 2.24) is 5.32 Å². The van der Waals surface area contributed by atoms with Gasteiger partial charge in [0.1, 0.15) is 29.7 Å². The summed E-state index contributed by atoms with van der Waals surface area (Å²) < 4.78 is 24.7. The van der Waals surface area contributed by atoms with Gasteiger partial charge >= 0.3 is 11.9 Å². The van der Waals surface area contributed by atoms with E-state index in [1.54, 1.807) is 57.2 Å². The summed E-state index contributed by atoms with van der Waals surface area (Å²) in [5.74, 6) is -2.17. The molecule has 1 amide bonds. The van der Waals surface area contributed by atoms with Crippen LogP contribution in [0.4, 0.5) is 0 Å². The molecule has 10 nitrogen and oxygen atoms in total. The number of esters is 2. The van der Waals surface area contributed by atoms with Gasteiger partial charge < -0.3 is 34.5 Å². The van der Waals surface area contributed by atoms with Crippen LogP contribution < -0.4 is 5.32 Å². The lowest BCUT2D eigenvalue weighted by atomic mass is 9.91. The topological polar surface area (TPSA) is 141 Å². The van der Waals surface area contributed by atoms with Crippen molar-refractivity contribution in [3.8, 4) is 5.75 Å². The standard InChI is InChI=1S/C41H45NO9/c1-40(2,3)50-36(45)19-18-32(25-43)42-38(46)31-21-34(37-35(22-31)49-41(51-37)23-29-13-4-5-14-30(29)24-41)48-39(47)28-16-9-11-26(20-28)10-8-15-27-12-6-7-17-33(27)44/h4-14,16-17,20,22,32,34-35,37,43-44H,15,18-19,21,23-25H2,1-3H3,(H,42,46). The van der Waals surface area contributed by atoms with Crippen LogP contribution in [0.5, 0.6) is 5.75 Å². The number of para-hydroxylation sites is 1. The molecule has 2 aliphatic carbocycles. The lowest BCUT2D eigenvalue weighted by Crippen LogP contribution is -2.45. The molecule has 51 heavy (non-hydrogen) atoms. The molecule has 10 heteroatoms. The van der Waals surface area contributed by atoms with Gasteiger partial charge in [-0.05, 0) is 80.1 Å². The number of allylic oxidation sites excluding steroid dienone is 1. The van der Waals surface area contributed by atoms with Crippen molar-refractivity contribution in [3.63, 3.8) is 0 Å². The Kier molecular flexibility index (Phi) is 10.8. The fourth-order valence-electron chi connectivity index (χ4n) is 6.81. The number of carbonyl (C=O) groups is 3. The number of hydrogen-bond donors (Lipinski definition) is 3. The maximum Gasteiger partial charge on any atom is 0.338 e. The van der Waals surface area contributed by atoms with Gasteiger partial charge in [0, 0.05) is 31.3 Å². The number of aliphatic hydroxyl groups excluding tert-OH is 1. The van der Waals surface area contributed by atoms with E-state index < -0.39 is 53.6 Å². The number of aromatic hydroxyl groups is 1. The third kappa shape index (κ3) is 8.94. The molecular weight excluding hydrogens is 650 g/mol. The van der Waals surface area contributed by atoms with Gasteiger partial charge in [-0.1, -0.05) is 66.7 Å². The second-order valence-electron chi connectivity index (χ2n) is 14.4. The Balaban J connectivity index is 1.17. The highest BCUT2D eigenvalue weighted by Gasteiger charge is 2.55. The van der Waals surface area contributed by atoms with E-state index in [9.17, 15) is 24.6 Å². The number of amides is 1. The van der Waals surface area contributed by atoms with Gasteiger partial charge in [-0.15, -0.1) is 0 Å². The predicted molar refractivity (Wildman–Crippen MR) is 190 cm³/mol. The molecule has 3 aliphatic rings. The summed E-state index contributed by atoms with van der Waals surface area (Å²) >= 11 is 0. The van der Waals surface area contributed by atoms with Crippen molar-refractivity contribution in [2.45, 2.75) is 95.0 Å². The molecule has 3 N–H and O–H groups in total. The minimum Gasteiger partial charge on any atom is -0.508 e. The van der Waals surface area contributed by atoms with Gasteiger partial charge in [0.05, 0.1) is 18.2 Å². The number of phenolic OH excluding ortho intramolecular Hbond substituents is 1. The highest BCUT2D eigenvalue weighted by atomic mass is 16.8.